The van der Waals surface area contributed by atoms with Crippen LogP contribution in [0, 0.1) is 0 Å². The van der Waals surface area contributed by atoms with Crippen molar-refractivity contribution in [1.29, 1.82) is 0 Å². The van der Waals surface area contributed by atoms with Crippen LogP contribution in [-0.2, 0) is 11.3 Å². The molecule has 2 heterocycles. The smallest absolute Gasteiger partial charge is 0.491 e. The third-order valence-electron chi connectivity index (χ3n) is 5.09. The van der Waals surface area contributed by atoms with Crippen LogP contribution in [0.1, 0.15) is 35.1 Å². The maximum atomic E-state index is 13.1. The molecule has 162 valence electrons. The van der Waals surface area contributed by atoms with Crippen molar-refractivity contribution in [2.45, 2.75) is 31.9 Å². The second kappa shape index (κ2) is 8.14. The lowest BCUT2D eigenvalue weighted by Crippen LogP contribution is -2.34. The molecule has 4 rings (SSSR count). The maximum Gasteiger partial charge on any atom is 0.523 e. The molecule has 31 heavy (non-hydrogen) atoms. The van der Waals surface area contributed by atoms with E-state index in [1.54, 1.807) is 53.7 Å². The minimum absolute atomic E-state index is 0.0529. The van der Waals surface area contributed by atoms with Crippen LogP contribution in [0.5, 0.6) is 5.75 Å². The first-order valence-corrected chi connectivity index (χ1v) is 9.71. The first-order valence-electron chi connectivity index (χ1n) is 9.71. The average molecular weight is 431 g/mol. The van der Waals surface area contributed by atoms with E-state index in [0.717, 1.165) is 0 Å². The predicted molar refractivity (Wildman–Crippen MR) is 106 cm³/mol. The van der Waals surface area contributed by atoms with Crippen LogP contribution >= 0.6 is 0 Å². The lowest BCUT2D eigenvalue weighted by molar-refractivity contribution is -0.355. The number of ether oxygens (including phenoxy) is 2. The van der Waals surface area contributed by atoms with Crippen molar-refractivity contribution in [1.82, 2.24) is 14.9 Å². The molecule has 1 unspecified atom stereocenters. The number of benzene rings is 1. The van der Waals surface area contributed by atoms with E-state index in [9.17, 15) is 18.0 Å². The van der Waals surface area contributed by atoms with Gasteiger partial charge >= 0.3 is 6.36 Å². The van der Waals surface area contributed by atoms with E-state index < -0.39 is 12.0 Å². The Balaban J connectivity index is 1.56. The van der Waals surface area contributed by atoms with E-state index in [-0.39, 0.29) is 18.9 Å². The molecular weight excluding hydrogens is 411 g/mol. The van der Waals surface area contributed by atoms with Crippen LogP contribution < -0.4 is 4.74 Å². The summed E-state index contributed by atoms with van der Waals surface area (Å²) in [5, 5.41) is 0. The number of fused-ring (bicyclic) bond motifs is 1. The third-order valence-corrected chi connectivity index (χ3v) is 5.09. The van der Waals surface area contributed by atoms with Gasteiger partial charge in [0.15, 0.2) is 0 Å². The van der Waals surface area contributed by atoms with Crippen molar-refractivity contribution in [3.63, 3.8) is 0 Å². The van der Waals surface area contributed by atoms with Gasteiger partial charge in [0.1, 0.15) is 18.2 Å². The van der Waals surface area contributed by atoms with E-state index in [2.05, 4.69) is 14.7 Å². The second-order valence-electron chi connectivity index (χ2n) is 7.51. The van der Waals surface area contributed by atoms with E-state index in [0.29, 0.717) is 41.4 Å². The lowest BCUT2D eigenvalue weighted by Gasteiger charge is -2.29. The zero-order valence-corrected chi connectivity index (χ0v) is 16.7. The van der Waals surface area contributed by atoms with Crippen LogP contribution in [0.3, 0.4) is 0 Å². The monoisotopic (exact) mass is 431 g/mol. The number of nitrogens with zero attached hydrogens (tertiary/aromatic N) is 3. The molecule has 2 aromatic rings. The standard InChI is InChI=1S/C22H20F3N3O3/c1-21(31-22(23,24)25)7-5-15(6-8-21)16-3-4-18-17(13-16)20(29)28(11-12-30-18)14-19-26-9-2-10-27-19/h2-7,9-10,13H,8,11-12,14H2,1H3. The SMILES string of the molecule is CC1(OC(F)(F)F)C=CC(c2ccc3c(c2)C(=O)N(Cc2ncccn2)CCO3)=CC1. The van der Waals surface area contributed by atoms with Gasteiger partial charge in [-0.1, -0.05) is 24.3 Å². The van der Waals surface area contributed by atoms with Gasteiger partial charge in [-0.25, -0.2) is 9.97 Å². The van der Waals surface area contributed by atoms with Gasteiger partial charge in [-0.15, -0.1) is 13.2 Å². The number of allylic oxidation sites excluding steroid dienone is 2. The summed E-state index contributed by atoms with van der Waals surface area (Å²) in [4.78, 5) is 23.1. The molecule has 0 radical (unpaired) electrons. The molecule has 1 atom stereocenters. The first kappa shape index (κ1) is 21.0. The Morgan fingerprint density at radius 3 is 2.71 bits per heavy atom. The summed E-state index contributed by atoms with van der Waals surface area (Å²) in [5.74, 6) is 0.778. The molecule has 1 aromatic carbocycles. The summed E-state index contributed by atoms with van der Waals surface area (Å²) in [6.07, 6.45) is 3.21. The topological polar surface area (TPSA) is 64.5 Å². The highest BCUT2D eigenvalue weighted by atomic mass is 19.4. The summed E-state index contributed by atoms with van der Waals surface area (Å²) < 4.78 is 47.8. The first-order chi connectivity index (χ1) is 14.7. The van der Waals surface area contributed by atoms with Gasteiger partial charge in [-0.05, 0) is 42.7 Å². The summed E-state index contributed by atoms with van der Waals surface area (Å²) in [5.41, 5.74) is 0.346. The molecule has 0 saturated carbocycles. The fourth-order valence-corrected chi connectivity index (χ4v) is 3.54. The van der Waals surface area contributed by atoms with Crippen molar-refractivity contribution in [2.24, 2.45) is 0 Å². The Hall–Kier alpha value is -3.20. The number of halogens is 3. The van der Waals surface area contributed by atoms with Crippen LogP contribution in [0.25, 0.3) is 5.57 Å². The predicted octanol–water partition coefficient (Wildman–Crippen LogP) is 4.15. The Morgan fingerprint density at radius 2 is 2.03 bits per heavy atom. The molecule has 9 heteroatoms. The van der Waals surface area contributed by atoms with Gasteiger partial charge in [0.05, 0.1) is 24.3 Å². The van der Waals surface area contributed by atoms with Gasteiger partial charge in [-0.2, -0.15) is 0 Å². The van der Waals surface area contributed by atoms with E-state index in [4.69, 9.17) is 4.74 Å². The highest BCUT2D eigenvalue weighted by Gasteiger charge is 2.39. The number of hydrogen-bond acceptors (Lipinski definition) is 5. The van der Waals surface area contributed by atoms with Crippen LogP contribution in [0.2, 0.25) is 0 Å². The average Bonchev–Trinajstić information content (AvgIpc) is 2.87. The zero-order valence-electron chi connectivity index (χ0n) is 16.7. The molecule has 2 aliphatic rings. The minimum atomic E-state index is -4.72. The summed E-state index contributed by atoms with van der Waals surface area (Å²) in [6, 6.07) is 6.89. The molecule has 6 nitrogen and oxygen atoms in total. The molecule has 0 N–H and O–H groups in total. The Kier molecular flexibility index (Phi) is 5.53. The summed E-state index contributed by atoms with van der Waals surface area (Å²) in [6.45, 7) is 2.35. The molecule has 1 aliphatic carbocycles. The van der Waals surface area contributed by atoms with Crippen molar-refractivity contribution < 1.29 is 27.4 Å². The number of hydrogen-bond donors (Lipinski definition) is 0. The highest BCUT2D eigenvalue weighted by Crippen LogP contribution is 2.35. The number of carbonyl (C=O) groups is 1. The van der Waals surface area contributed by atoms with Gasteiger partial charge < -0.3 is 9.64 Å². The number of carbonyl (C=O) groups excluding carboxylic acids is 1. The van der Waals surface area contributed by atoms with Gasteiger partial charge in [0, 0.05) is 12.4 Å². The molecule has 0 spiro atoms. The summed E-state index contributed by atoms with van der Waals surface area (Å²) >= 11 is 0. The van der Waals surface area contributed by atoms with Crippen LogP contribution in [0.4, 0.5) is 13.2 Å². The third kappa shape index (κ3) is 4.93. The lowest BCUT2D eigenvalue weighted by atomic mass is 9.90. The molecule has 0 saturated heterocycles. The van der Waals surface area contributed by atoms with Crippen molar-refractivity contribution in [2.75, 3.05) is 13.2 Å². The Labute approximate surface area is 177 Å². The van der Waals surface area contributed by atoms with Crippen LogP contribution in [0.15, 0.2) is 54.9 Å². The normalized spacial score (nSPS) is 21.2. The molecule has 1 aromatic heterocycles. The molecular formula is C22H20F3N3O3. The number of aromatic nitrogens is 2. The van der Waals surface area contributed by atoms with Crippen molar-refractivity contribution in [3.8, 4) is 5.75 Å². The Bertz CT molecular complexity index is 1040. The van der Waals surface area contributed by atoms with Gasteiger partial charge in [-0.3, -0.25) is 9.53 Å². The molecule has 1 aliphatic heterocycles. The second-order valence-corrected chi connectivity index (χ2v) is 7.51. The number of alkyl halides is 3. The largest absolute Gasteiger partial charge is 0.523 e. The zero-order chi connectivity index (χ0) is 22.1. The summed E-state index contributed by atoms with van der Waals surface area (Å²) in [7, 11) is 0. The van der Waals surface area contributed by atoms with Crippen molar-refractivity contribution in [3.05, 3.63) is 71.8 Å². The minimum Gasteiger partial charge on any atom is -0.491 e. The van der Waals surface area contributed by atoms with E-state index >= 15 is 0 Å². The molecule has 0 fully saturated rings. The van der Waals surface area contributed by atoms with Crippen molar-refractivity contribution >= 4 is 11.5 Å². The van der Waals surface area contributed by atoms with E-state index in [1.165, 1.54) is 13.0 Å². The van der Waals surface area contributed by atoms with E-state index in [1.807, 2.05) is 0 Å². The number of rotatable bonds is 4. The molecule has 1 amide bonds. The maximum absolute atomic E-state index is 13.1. The van der Waals surface area contributed by atoms with Crippen LogP contribution in [-0.4, -0.2) is 45.9 Å². The number of amides is 1. The van der Waals surface area contributed by atoms with Gasteiger partial charge in [0.25, 0.3) is 5.91 Å². The molecule has 0 bridgehead atoms. The van der Waals surface area contributed by atoms with Gasteiger partial charge in [0.2, 0.25) is 0 Å². The fraction of sp³-hybridized carbons (Fsp3) is 0.318. The Morgan fingerprint density at radius 1 is 1.26 bits per heavy atom. The highest BCUT2D eigenvalue weighted by molar-refractivity contribution is 5.98. The quantitative estimate of drug-likeness (QED) is 0.728. The fourth-order valence-electron chi connectivity index (χ4n) is 3.54.